The van der Waals surface area contributed by atoms with Gasteiger partial charge in [0.2, 0.25) is 5.90 Å². The number of benzene rings is 1. The van der Waals surface area contributed by atoms with Crippen molar-refractivity contribution in [2.45, 2.75) is 13.5 Å². The molecule has 8 nitrogen and oxygen atoms in total. The Bertz CT molecular complexity index is 1070. The van der Waals surface area contributed by atoms with Gasteiger partial charge in [-0.2, -0.15) is 8.78 Å². The molecule has 0 atom stereocenters. The maximum atomic E-state index is 14.5. The van der Waals surface area contributed by atoms with Gasteiger partial charge in [-0.1, -0.05) is 23.2 Å². The molecular formula is C20H18Cl2F3N3O5. The Morgan fingerprint density at radius 2 is 2.03 bits per heavy atom. The minimum absolute atomic E-state index is 0.0340. The summed E-state index contributed by atoms with van der Waals surface area (Å²) in [4.78, 5) is 19.0. The van der Waals surface area contributed by atoms with Crippen molar-refractivity contribution in [1.82, 2.24) is 4.98 Å². The van der Waals surface area contributed by atoms with Crippen LogP contribution in [-0.4, -0.2) is 43.7 Å². The van der Waals surface area contributed by atoms with E-state index in [9.17, 15) is 18.0 Å². The van der Waals surface area contributed by atoms with E-state index in [-0.39, 0.29) is 34.6 Å². The predicted molar refractivity (Wildman–Crippen MR) is 115 cm³/mol. The Kier molecular flexibility index (Phi) is 9.61. The van der Waals surface area contributed by atoms with Crippen molar-refractivity contribution in [3.8, 4) is 17.4 Å². The first-order chi connectivity index (χ1) is 15.7. The lowest BCUT2D eigenvalue weighted by molar-refractivity contribution is -0.145. The maximum absolute atomic E-state index is 14.5. The maximum Gasteiger partial charge on any atom is 0.388 e. The fraction of sp³-hybridized carbons (Fsp3) is 0.250. The molecule has 0 fully saturated rings. The highest BCUT2D eigenvalue weighted by Crippen LogP contribution is 2.37. The van der Waals surface area contributed by atoms with Gasteiger partial charge >= 0.3 is 12.6 Å². The van der Waals surface area contributed by atoms with Crippen LogP contribution >= 0.6 is 23.2 Å². The van der Waals surface area contributed by atoms with Gasteiger partial charge in [0.05, 0.1) is 17.3 Å². The van der Waals surface area contributed by atoms with E-state index in [0.717, 1.165) is 19.2 Å². The highest BCUT2D eigenvalue weighted by Gasteiger charge is 2.21. The van der Waals surface area contributed by atoms with Crippen LogP contribution in [-0.2, 0) is 14.3 Å². The number of ether oxygens (including phenoxy) is 4. The number of nitrogens with two attached hydrogens (primary N) is 1. The fourth-order valence-corrected chi connectivity index (χ4v) is 2.76. The number of pyridine rings is 1. The molecule has 1 aromatic carbocycles. The molecule has 0 aliphatic heterocycles. The fourth-order valence-electron chi connectivity index (χ4n) is 2.34. The molecule has 0 spiro atoms. The molecule has 13 heteroatoms. The van der Waals surface area contributed by atoms with Crippen LogP contribution in [0, 0.1) is 5.82 Å². The van der Waals surface area contributed by atoms with E-state index in [0.29, 0.717) is 0 Å². The lowest BCUT2D eigenvalue weighted by Crippen LogP contribution is -2.15. The summed E-state index contributed by atoms with van der Waals surface area (Å²) in [6.45, 7) is -1.84. The minimum atomic E-state index is -3.22. The van der Waals surface area contributed by atoms with E-state index in [4.69, 9.17) is 43.1 Å². The van der Waals surface area contributed by atoms with Crippen LogP contribution in [0.3, 0.4) is 0 Å². The van der Waals surface area contributed by atoms with Gasteiger partial charge in [-0.25, -0.2) is 14.2 Å². The van der Waals surface area contributed by atoms with Gasteiger partial charge < -0.3 is 24.7 Å². The molecule has 0 saturated heterocycles. The summed E-state index contributed by atoms with van der Waals surface area (Å²) in [7, 11) is 1.14. The van der Waals surface area contributed by atoms with Crippen molar-refractivity contribution >= 4 is 40.8 Å². The van der Waals surface area contributed by atoms with E-state index in [1.54, 1.807) is 6.92 Å². The molecule has 0 radical (unpaired) electrons. The Balaban J connectivity index is 2.39. The first kappa shape index (κ1) is 26.1. The monoisotopic (exact) mass is 507 g/mol. The molecule has 0 aliphatic carbocycles. The number of rotatable bonds is 9. The minimum Gasteiger partial charge on any atom is -0.463 e. The third kappa shape index (κ3) is 7.16. The lowest BCUT2D eigenvalue weighted by atomic mass is 10.1. The number of hydrogen-bond donors (Lipinski definition) is 1. The van der Waals surface area contributed by atoms with Gasteiger partial charge in [-0.05, 0) is 31.2 Å². The van der Waals surface area contributed by atoms with Crippen LogP contribution in [0.4, 0.5) is 13.2 Å². The average Bonchev–Trinajstić information content (AvgIpc) is 2.77. The van der Waals surface area contributed by atoms with Crippen molar-refractivity contribution in [2.75, 3.05) is 20.3 Å². The van der Waals surface area contributed by atoms with Gasteiger partial charge in [0.1, 0.15) is 16.6 Å². The van der Waals surface area contributed by atoms with Crippen molar-refractivity contribution in [2.24, 2.45) is 10.7 Å². The molecule has 2 N–H and O–H groups in total. The topological polar surface area (TPSA) is 105 Å². The molecule has 0 bridgehead atoms. The van der Waals surface area contributed by atoms with Gasteiger partial charge in [0, 0.05) is 18.8 Å². The quantitative estimate of drug-likeness (QED) is 0.296. The standard InChI is InChI=1S/C20H18Cl2F3N3O5/c1-3-30-15(29)9-31-18-13(5-4-6-28-18)32-14-7-10(12(23)8-11(14)21)17(26)16(22)19(27-2)33-20(24)25/h4-8,20H,3,9,26H2,1-2H3. The molecule has 0 unspecified atom stereocenters. The number of esters is 1. The second-order valence-corrected chi connectivity index (χ2v) is 6.69. The van der Waals surface area contributed by atoms with E-state index in [1.165, 1.54) is 18.3 Å². The predicted octanol–water partition coefficient (Wildman–Crippen LogP) is 4.74. The summed E-state index contributed by atoms with van der Waals surface area (Å²) in [6.07, 6.45) is 1.39. The molecule has 1 aromatic heterocycles. The highest BCUT2D eigenvalue weighted by atomic mass is 35.5. The lowest BCUT2D eigenvalue weighted by Gasteiger charge is -2.14. The Morgan fingerprint density at radius 1 is 1.30 bits per heavy atom. The number of carbonyl (C=O) groups is 1. The van der Waals surface area contributed by atoms with Crippen molar-refractivity contribution in [3.05, 3.63) is 51.9 Å². The SMILES string of the molecule is CCOC(=O)COc1ncccc1Oc1cc(C(N)=C(Cl)C(=NC)OC(F)F)c(F)cc1Cl. The van der Waals surface area contributed by atoms with Crippen molar-refractivity contribution in [1.29, 1.82) is 0 Å². The largest absolute Gasteiger partial charge is 0.463 e. The van der Waals surface area contributed by atoms with Crippen LogP contribution in [0.1, 0.15) is 12.5 Å². The molecule has 0 aliphatic rings. The smallest absolute Gasteiger partial charge is 0.388 e. The summed E-state index contributed by atoms with van der Waals surface area (Å²) >= 11 is 12.1. The van der Waals surface area contributed by atoms with E-state index >= 15 is 0 Å². The number of halogens is 5. The first-order valence-electron chi connectivity index (χ1n) is 9.15. The van der Waals surface area contributed by atoms with Gasteiger partial charge in [-0.3, -0.25) is 4.99 Å². The molecule has 178 valence electrons. The van der Waals surface area contributed by atoms with E-state index < -0.39 is 41.6 Å². The summed E-state index contributed by atoms with van der Waals surface area (Å²) in [6, 6.07) is 4.95. The number of nitrogens with zero attached hydrogens (tertiary/aromatic N) is 2. The van der Waals surface area contributed by atoms with E-state index in [1.807, 2.05) is 0 Å². The zero-order chi connectivity index (χ0) is 24.5. The number of alkyl halides is 2. The number of aliphatic imine (C=N–C) groups is 1. The second kappa shape index (κ2) is 12.2. The molecule has 1 heterocycles. The Morgan fingerprint density at radius 3 is 2.67 bits per heavy atom. The number of carbonyl (C=O) groups excluding carboxylic acids is 1. The number of aromatic nitrogens is 1. The van der Waals surface area contributed by atoms with Crippen LogP contribution in [0.15, 0.2) is 40.5 Å². The normalized spacial score (nSPS) is 12.3. The van der Waals surface area contributed by atoms with Gasteiger partial charge in [0.15, 0.2) is 12.4 Å². The highest BCUT2D eigenvalue weighted by molar-refractivity contribution is 6.45. The van der Waals surface area contributed by atoms with Crippen LogP contribution in [0.2, 0.25) is 5.02 Å². The summed E-state index contributed by atoms with van der Waals surface area (Å²) in [5, 5.41) is -0.710. The molecule has 33 heavy (non-hydrogen) atoms. The Hall–Kier alpha value is -3.18. The zero-order valence-electron chi connectivity index (χ0n) is 17.3. The first-order valence-corrected chi connectivity index (χ1v) is 9.91. The third-order valence-electron chi connectivity index (χ3n) is 3.73. The summed E-state index contributed by atoms with van der Waals surface area (Å²) < 4.78 is 59.6. The molecular weight excluding hydrogens is 490 g/mol. The second-order valence-electron chi connectivity index (χ2n) is 5.90. The summed E-state index contributed by atoms with van der Waals surface area (Å²) in [5.74, 6) is -2.36. The zero-order valence-corrected chi connectivity index (χ0v) is 18.8. The van der Waals surface area contributed by atoms with Crippen LogP contribution in [0.25, 0.3) is 5.70 Å². The van der Waals surface area contributed by atoms with Crippen LogP contribution < -0.4 is 15.2 Å². The van der Waals surface area contributed by atoms with Gasteiger partial charge in [-0.15, -0.1) is 0 Å². The van der Waals surface area contributed by atoms with E-state index in [2.05, 4.69) is 14.7 Å². The third-order valence-corrected chi connectivity index (χ3v) is 4.39. The molecule has 2 rings (SSSR count). The van der Waals surface area contributed by atoms with Gasteiger partial charge in [0.25, 0.3) is 5.88 Å². The van der Waals surface area contributed by atoms with Crippen molar-refractivity contribution in [3.63, 3.8) is 0 Å². The molecule has 0 amide bonds. The Labute approximate surface area is 196 Å². The summed E-state index contributed by atoms with van der Waals surface area (Å²) in [5.41, 5.74) is 5.08. The van der Waals surface area contributed by atoms with Crippen molar-refractivity contribution < 1.29 is 36.9 Å². The van der Waals surface area contributed by atoms with Crippen LogP contribution in [0.5, 0.6) is 17.4 Å². The molecule has 0 saturated carbocycles. The molecule has 2 aromatic rings. The number of hydrogen-bond acceptors (Lipinski definition) is 8. The average molecular weight is 508 g/mol.